The van der Waals surface area contributed by atoms with E-state index < -0.39 is 0 Å². The van der Waals surface area contributed by atoms with Crippen LogP contribution in [-0.2, 0) is 4.79 Å². The third-order valence-electron chi connectivity index (χ3n) is 3.27. The summed E-state index contributed by atoms with van der Waals surface area (Å²) >= 11 is 5.79. The molecule has 0 saturated heterocycles. The maximum Gasteiger partial charge on any atom is 0.126 e. The lowest BCUT2D eigenvalue weighted by Crippen LogP contribution is -2.33. The number of hydrogen-bond acceptors (Lipinski definition) is 1. The molecule has 1 nitrogen and oxygen atoms in total. The molecule has 0 aromatic carbocycles. The van der Waals surface area contributed by atoms with E-state index in [4.69, 9.17) is 11.6 Å². The van der Waals surface area contributed by atoms with Gasteiger partial charge in [-0.2, -0.15) is 0 Å². The summed E-state index contributed by atoms with van der Waals surface area (Å²) in [5.41, 5.74) is -0.211. The summed E-state index contributed by atoms with van der Waals surface area (Å²) in [7, 11) is 0. The van der Waals surface area contributed by atoms with Gasteiger partial charge in [-0.1, -0.05) is 37.9 Å². The van der Waals surface area contributed by atoms with Crippen LogP contribution in [0.3, 0.4) is 0 Å². The maximum atomic E-state index is 11.1. The van der Waals surface area contributed by atoms with Crippen molar-refractivity contribution in [3.63, 3.8) is 0 Å². The third-order valence-corrected chi connectivity index (χ3v) is 3.40. The summed E-state index contributed by atoms with van der Waals surface area (Å²) in [6.45, 7) is 5.83. The van der Waals surface area contributed by atoms with Crippen molar-refractivity contribution in [2.24, 2.45) is 11.3 Å². The number of aldehydes is 1. The summed E-state index contributed by atoms with van der Waals surface area (Å²) in [5, 5.41) is 0.612. The lowest BCUT2D eigenvalue weighted by molar-refractivity contribution is -0.120. The topological polar surface area (TPSA) is 17.1 Å². The Kier molecular flexibility index (Phi) is 3.55. The van der Waals surface area contributed by atoms with Gasteiger partial charge in [-0.15, -0.1) is 0 Å². The van der Waals surface area contributed by atoms with E-state index in [2.05, 4.69) is 13.5 Å². The van der Waals surface area contributed by atoms with Crippen LogP contribution in [0.25, 0.3) is 0 Å². The van der Waals surface area contributed by atoms with E-state index in [1.165, 1.54) is 6.42 Å². The lowest BCUT2D eigenvalue weighted by Gasteiger charge is -2.38. The van der Waals surface area contributed by atoms with Gasteiger partial charge in [0.05, 0.1) is 0 Å². The Bertz CT molecular complexity index is 212. The first kappa shape index (κ1) is 10.8. The molecule has 0 heterocycles. The van der Waals surface area contributed by atoms with Gasteiger partial charge in [0.2, 0.25) is 0 Å². The van der Waals surface area contributed by atoms with Gasteiger partial charge in [-0.05, 0) is 25.2 Å². The second-order valence-corrected chi connectivity index (χ2v) is 4.73. The van der Waals surface area contributed by atoms with Crippen LogP contribution in [0.1, 0.15) is 39.0 Å². The first-order valence-electron chi connectivity index (χ1n) is 4.90. The molecule has 1 rings (SSSR count). The van der Waals surface area contributed by atoms with Gasteiger partial charge in [0, 0.05) is 10.4 Å². The monoisotopic (exact) mass is 200 g/mol. The fourth-order valence-corrected chi connectivity index (χ4v) is 2.52. The van der Waals surface area contributed by atoms with E-state index in [0.717, 1.165) is 25.5 Å². The molecular formula is C11H17ClO. The van der Waals surface area contributed by atoms with E-state index >= 15 is 0 Å². The fraction of sp³-hybridized carbons (Fsp3) is 0.727. The molecule has 1 saturated carbocycles. The third kappa shape index (κ3) is 2.34. The Labute approximate surface area is 85.2 Å². The molecule has 13 heavy (non-hydrogen) atoms. The van der Waals surface area contributed by atoms with Crippen LogP contribution in [-0.4, -0.2) is 6.29 Å². The summed E-state index contributed by atoms with van der Waals surface area (Å²) in [6.07, 6.45) is 6.26. The molecule has 1 fully saturated rings. The molecule has 0 spiro atoms. The number of hydrogen-bond donors (Lipinski definition) is 0. The molecule has 1 aliphatic carbocycles. The Hall–Kier alpha value is -0.300. The first-order valence-corrected chi connectivity index (χ1v) is 5.28. The molecule has 0 aromatic heterocycles. The molecule has 0 radical (unpaired) electrons. The zero-order valence-electron chi connectivity index (χ0n) is 8.18. The minimum atomic E-state index is -0.211. The summed E-state index contributed by atoms with van der Waals surface area (Å²) in [6, 6.07) is 0. The highest BCUT2D eigenvalue weighted by Gasteiger charge is 2.37. The average Bonchev–Trinajstić information content (AvgIpc) is 2.08. The van der Waals surface area contributed by atoms with Crippen LogP contribution in [0.5, 0.6) is 0 Å². The van der Waals surface area contributed by atoms with Crippen LogP contribution in [0.2, 0.25) is 0 Å². The molecule has 2 heteroatoms. The summed E-state index contributed by atoms with van der Waals surface area (Å²) in [4.78, 5) is 11.1. The molecule has 0 amide bonds. The van der Waals surface area contributed by atoms with Crippen LogP contribution < -0.4 is 0 Å². The highest BCUT2D eigenvalue weighted by molar-refractivity contribution is 6.29. The zero-order chi connectivity index (χ0) is 9.90. The van der Waals surface area contributed by atoms with Crippen molar-refractivity contribution in [2.75, 3.05) is 0 Å². The molecular weight excluding hydrogens is 184 g/mol. The van der Waals surface area contributed by atoms with Crippen molar-refractivity contribution in [3.8, 4) is 0 Å². The van der Waals surface area contributed by atoms with Crippen molar-refractivity contribution in [1.82, 2.24) is 0 Å². The van der Waals surface area contributed by atoms with E-state index in [1.54, 1.807) is 0 Å². The highest BCUT2D eigenvalue weighted by Crippen LogP contribution is 2.44. The standard InChI is InChI=1S/C11H17ClO/c1-9-5-3-4-6-11(9,8-13)7-10(2)12/h8-9H,2-7H2,1H3. The van der Waals surface area contributed by atoms with Gasteiger partial charge in [0.25, 0.3) is 0 Å². The van der Waals surface area contributed by atoms with Gasteiger partial charge in [-0.25, -0.2) is 0 Å². The molecule has 0 aromatic rings. The van der Waals surface area contributed by atoms with Crippen LogP contribution in [0.15, 0.2) is 11.6 Å². The first-order chi connectivity index (χ1) is 6.10. The Morgan fingerprint density at radius 2 is 2.38 bits per heavy atom. The molecule has 1 aliphatic rings. The highest BCUT2D eigenvalue weighted by atomic mass is 35.5. The number of halogens is 1. The van der Waals surface area contributed by atoms with Gasteiger partial charge in [-0.3, -0.25) is 0 Å². The van der Waals surface area contributed by atoms with Crippen molar-refractivity contribution in [1.29, 1.82) is 0 Å². The van der Waals surface area contributed by atoms with Crippen molar-refractivity contribution < 1.29 is 4.79 Å². The summed E-state index contributed by atoms with van der Waals surface area (Å²) < 4.78 is 0. The molecule has 0 bridgehead atoms. The van der Waals surface area contributed by atoms with Crippen LogP contribution in [0, 0.1) is 11.3 Å². The number of allylic oxidation sites excluding steroid dienone is 1. The summed E-state index contributed by atoms with van der Waals surface area (Å²) in [5.74, 6) is 0.453. The Balaban J connectivity index is 2.75. The van der Waals surface area contributed by atoms with Crippen molar-refractivity contribution in [2.45, 2.75) is 39.0 Å². The minimum absolute atomic E-state index is 0.211. The average molecular weight is 201 g/mol. The molecule has 2 atom stereocenters. The van der Waals surface area contributed by atoms with Gasteiger partial charge >= 0.3 is 0 Å². The normalized spacial score (nSPS) is 34.2. The number of carbonyl (C=O) groups is 1. The largest absolute Gasteiger partial charge is 0.303 e. The van der Waals surface area contributed by atoms with Gasteiger partial charge in [0.1, 0.15) is 6.29 Å². The van der Waals surface area contributed by atoms with Crippen LogP contribution >= 0.6 is 11.6 Å². The Morgan fingerprint density at radius 3 is 2.85 bits per heavy atom. The smallest absolute Gasteiger partial charge is 0.126 e. The van der Waals surface area contributed by atoms with E-state index in [9.17, 15) is 4.79 Å². The fourth-order valence-electron chi connectivity index (χ4n) is 2.27. The maximum absolute atomic E-state index is 11.1. The predicted molar refractivity (Wildman–Crippen MR) is 55.7 cm³/mol. The number of carbonyl (C=O) groups excluding carboxylic acids is 1. The molecule has 0 aliphatic heterocycles. The van der Waals surface area contributed by atoms with Crippen molar-refractivity contribution in [3.05, 3.63) is 11.6 Å². The second-order valence-electron chi connectivity index (χ2n) is 4.19. The predicted octanol–water partition coefficient (Wildman–Crippen LogP) is 3.52. The van der Waals surface area contributed by atoms with Gasteiger partial charge < -0.3 is 4.79 Å². The van der Waals surface area contributed by atoms with E-state index in [-0.39, 0.29) is 5.41 Å². The number of rotatable bonds is 3. The Morgan fingerprint density at radius 1 is 1.69 bits per heavy atom. The second kappa shape index (κ2) is 4.28. The van der Waals surface area contributed by atoms with Crippen LogP contribution in [0.4, 0.5) is 0 Å². The zero-order valence-corrected chi connectivity index (χ0v) is 8.94. The molecule has 2 unspecified atom stereocenters. The quantitative estimate of drug-likeness (QED) is 0.638. The SMILES string of the molecule is C=C(Cl)CC1(C=O)CCCCC1C. The van der Waals surface area contributed by atoms with Crippen molar-refractivity contribution >= 4 is 17.9 Å². The molecule has 74 valence electrons. The minimum Gasteiger partial charge on any atom is -0.303 e. The van der Waals surface area contributed by atoms with E-state index in [1.807, 2.05) is 0 Å². The lowest BCUT2D eigenvalue weighted by atomic mass is 9.66. The molecule has 0 N–H and O–H groups in total. The van der Waals surface area contributed by atoms with Gasteiger partial charge in [0.15, 0.2) is 0 Å². The van der Waals surface area contributed by atoms with E-state index in [0.29, 0.717) is 17.4 Å².